The van der Waals surface area contributed by atoms with E-state index in [0.717, 1.165) is 0 Å². The van der Waals surface area contributed by atoms with E-state index in [1.807, 2.05) is 6.92 Å². The Hall–Kier alpha value is -2.63. The van der Waals surface area contributed by atoms with E-state index in [1.165, 1.54) is 18.2 Å². The molecule has 1 aromatic rings. The molecule has 1 aliphatic heterocycles. The molecule has 0 amide bonds. The van der Waals surface area contributed by atoms with E-state index in [2.05, 4.69) is 0 Å². The number of carbonyl (C=O) groups is 2. The number of hydrogen-bond acceptors (Lipinski definition) is 3. The molecule has 1 aliphatic rings. The molecule has 0 aliphatic carbocycles. The molecule has 0 saturated carbocycles. The van der Waals surface area contributed by atoms with E-state index in [0.29, 0.717) is 23.5 Å². The molecule has 2 N–H and O–H groups in total. The first-order valence-electron chi connectivity index (χ1n) is 8.15. The lowest BCUT2D eigenvalue weighted by atomic mass is 9.64. The topological polar surface area (TPSA) is 77.8 Å². The standard InChI is InChI=1S/C19H22FNO4/c1-5-19(13-8-7-9-14(20)10-13)15(17(22)23)11(3)21(6-2)12(4)16(19)18(24)25/h7-10H,5-6H2,1-4H3,(H,22,23)(H,24,25). The van der Waals surface area contributed by atoms with Gasteiger partial charge in [-0.15, -0.1) is 0 Å². The van der Waals surface area contributed by atoms with Gasteiger partial charge in [-0.1, -0.05) is 19.1 Å². The van der Waals surface area contributed by atoms with Gasteiger partial charge >= 0.3 is 11.9 Å². The third-order valence-corrected chi connectivity index (χ3v) is 4.98. The summed E-state index contributed by atoms with van der Waals surface area (Å²) in [6, 6.07) is 5.53. The third kappa shape index (κ3) is 2.71. The predicted octanol–water partition coefficient (Wildman–Crippen LogP) is 3.53. The molecule has 6 heteroatoms. The van der Waals surface area contributed by atoms with Gasteiger partial charge in [-0.3, -0.25) is 0 Å². The Bertz CT molecular complexity index is 756. The molecule has 0 radical (unpaired) electrons. The Kier molecular flexibility index (Phi) is 5.02. The summed E-state index contributed by atoms with van der Waals surface area (Å²) in [4.78, 5) is 26.0. The van der Waals surface area contributed by atoms with Crippen molar-refractivity contribution in [1.29, 1.82) is 0 Å². The van der Waals surface area contributed by atoms with Gasteiger partial charge in [0.1, 0.15) is 5.82 Å². The van der Waals surface area contributed by atoms with Crippen LogP contribution in [0.5, 0.6) is 0 Å². The Morgan fingerprint density at radius 3 is 1.96 bits per heavy atom. The quantitative estimate of drug-likeness (QED) is 0.852. The van der Waals surface area contributed by atoms with Gasteiger partial charge in [0.15, 0.2) is 0 Å². The average molecular weight is 347 g/mol. The minimum atomic E-state index is -1.42. The van der Waals surface area contributed by atoms with Crippen LogP contribution in [0.4, 0.5) is 4.39 Å². The normalized spacial score (nSPS) is 17.1. The number of halogens is 1. The van der Waals surface area contributed by atoms with Crippen molar-refractivity contribution in [2.45, 2.75) is 39.5 Å². The highest BCUT2D eigenvalue weighted by atomic mass is 19.1. The molecule has 0 atom stereocenters. The lowest BCUT2D eigenvalue weighted by Gasteiger charge is -2.44. The zero-order chi connectivity index (χ0) is 18.9. The van der Waals surface area contributed by atoms with E-state index < -0.39 is 23.2 Å². The van der Waals surface area contributed by atoms with Crippen LogP contribution in [0.25, 0.3) is 0 Å². The number of carboxylic acids is 2. The van der Waals surface area contributed by atoms with Crippen LogP contribution in [0.3, 0.4) is 0 Å². The fourth-order valence-corrected chi connectivity index (χ4v) is 4.01. The number of allylic oxidation sites excluding steroid dienone is 2. The van der Waals surface area contributed by atoms with Crippen LogP contribution in [0, 0.1) is 5.82 Å². The van der Waals surface area contributed by atoms with E-state index in [1.54, 1.807) is 31.7 Å². The molecule has 1 heterocycles. The zero-order valence-corrected chi connectivity index (χ0v) is 14.8. The maximum Gasteiger partial charge on any atom is 0.334 e. The van der Waals surface area contributed by atoms with Crippen LogP contribution in [0.15, 0.2) is 46.8 Å². The zero-order valence-electron chi connectivity index (χ0n) is 14.8. The van der Waals surface area contributed by atoms with Gasteiger partial charge in [0.05, 0.1) is 16.6 Å². The van der Waals surface area contributed by atoms with Crippen molar-refractivity contribution in [2.75, 3.05) is 6.54 Å². The lowest BCUT2D eigenvalue weighted by Crippen LogP contribution is -2.45. The maximum absolute atomic E-state index is 13.9. The number of carboxylic acid groups (broad SMARTS) is 2. The van der Waals surface area contributed by atoms with Gasteiger partial charge < -0.3 is 15.1 Å². The molecule has 5 nitrogen and oxygen atoms in total. The van der Waals surface area contributed by atoms with Gasteiger partial charge in [-0.2, -0.15) is 0 Å². The van der Waals surface area contributed by atoms with Crippen molar-refractivity contribution >= 4 is 11.9 Å². The fraction of sp³-hybridized carbons (Fsp3) is 0.368. The summed E-state index contributed by atoms with van der Waals surface area (Å²) in [5, 5.41) is 19.8. The minimum absolute atomic E-state index is 0.0227. The number of hydrogen-bond donors (Lipinski definition) is 2. The van der Waals surface area contributed by atoms with E-state index in [-0.39, 0.29) is 17.6 Å². The minimum Gasteiger partial charge on any atom is -0.478 e. The second-order valence-corrected chi connectivity index (χ2v) is 6.04. The molecular weight excluding hydrogens is 325 g/mol. The van der Waals surface area contributed by atoms with E-state index in [4.69, 9.17) is 0 Å². The fourth-order valence-electron chi connectivity index (χ4n) is 4.01. The van der Waals surface area contributed by atoms with Crippen molar-refractivity contribution in [3.05, 3.63) is 58.2 Å². The molecule has 2 rings (SSSR count). The third-order valence-electron chi connectivity index (χ3n) is 4.98. The van der Waals surface area contributed by atoms with Crippen LogP contribution < -0.4 is 0 Å². The van der Waals surface area contributed by atoms with Gasteiger partial charge in [-0.05, 0) is 44.9 Å². The van der Waals surface area contributed by atoms with Crippen molar-refractivity contribution in [3.8, 4) is 0 Å². The SMILES string of the molecule is CCN1C(C)=C(C(=O)O)C(CC)(c2cccc(F)c2)C(C(=O)O)=C1C. The Morgan fingerprint density at radius 1 is 1.08 bits per heavy atom. The average Bonchev–Trinajstić information content (AvgIpc) is 2.53. The van der Waals surface area contributed by atoms with Gasteiger partial charge in [-0.25, -0.2) is 14.0 Å². The summed E-state index contributed by atoms with van der Waals surface area (Å²) < 4.78 is 13.9. The van der Waals surface area contributed by atoms with Crippen LogP contribution in [0.2, 0.25) is 0 Å². The smallest absolute Gasteiger partial charge is 0.334 e. The second-order valence-electron chi connectivity index (χ2n) is 6.04. The molecule has 0 saturated heterocycles. The molecule has 0 aromatic heterocycles. The Morgan fingerprint density at radius 2 is 1.60 bits per heavy atom. The first-order valence-corrected chi connectivity index (χ1v) is 8.15. The van der Waals surface area contributed by atoms with Crippen LogP contribution in [0.1, 0.15) is 39.7 Å². The van der Waals surface area contributed by atoms with Crippen LogP contribution in [-0.4, -0.2) is 33.6 Å². The number of nitrogens with zero attached hydrogens (tertiary/aromatic N) is 1. The van der Waals surface area contributed by atoms with Crippen molar-refractivity contribution in [1.82, 2.24) is 4.90 Å². The van der Waals surface area contributed by atoms with Crippen molar-refractivity contribution < 1.29 is 24.2 Å². The van der Waals surface area contributed by atoms with Crippen molar-refractivity contribution in [3.63, 3.8) is 0 Å². The summed E-state index contributed by atoms with van der Waals surface area (Å²) in [5.74, 6) is -2.94. The number of aliphatic carboxylic acids is 2. The Labute approximate surface area is 146 Å². The number of rotatable bonds is 5. The van der Waals surface area contributed by atoms with Gasteiger partial charge in [0.25, 0.3) is 0 Å². The number of benzene rings is 1. The predicted molar refractivity (Wildman–Crippen MR) is 91.4 cm³/mol. The van der Waals surface area contributed by atoms with Crippen molar-refractivity contribution in [2.24, 2.45) is 0 Å². The molecule has 0 spiro atoms. The highest BCUT2D eigenvalue weighted by molar-refractivity contribution is 6.00. The first kappa shape index (κ1) is 18.7. The molecular formula is C19H22FNO4. The molecule has 0 bridgehead atoms. The van der Waals surface area contributed by atoms with Crippen LogP contribution in [-0.2, 0) is 15.0 Å². The molecule has 25 heavy (non-hydrogen) atoms. The Balaban J connectivity index is 2.99. The van der Waals surface area contributed by atoms with Crippen LogP contribution >= 0.6 is 0 Å². The largest absolute Gasteiger partial charge is 0.478 e. The summed E-state index contributed by atoms with van der Waals surface area (Å²) in [7, 11) is 0. The molecule has 134 valence electrons. The lowest BCUT2D eigenvalue weighted by molar-refractivity contribution is -0.134. The summed E-state index contributed by atoms with van der Waals surface area (Å²) in [5.41, 5.74) is -0.179. The summed E-state index contributed by atoms with van der Waals surface area (Å²) in [6.45, 7) is 7.32. The van der Waals surface area contributed by atoms with Gasteiger partial charge in [0.2, 0.25) is 0 Å². The van der Waals surface area contributed by atoms with E-state index >= 15 is 0 Å². The molecule has 0 unspecified atom stereocenters. The van der Waals surface area contributed by atoms with E-state index in [9.17, 15) is 24.2 Å². The van der Waals surface area contributed by atoms with Gasteiger partial charge in [0, 0.05) is 17.9 Å². The molecule has 1 aromatic carbocycles. The maximum atomic E-state index is 13.9. The summed E-state index contributed by atoms with van der Waals surface area (Å²) in [6.07, 6.45) is 0.186. The monoisotopic (exact) mass is 347 g/mol. The summed E-state index contributed by atoms with van der Waals surface area (Å²) >= 11 is 0. The highest BCUT2D eigenvalue weighted by Gasteiger charge is 2.50. The molecule has 0 fully saturated rings. The highest BCUT2D eigenvalue weighted by Crippen LogP contribution is 2.49. The second kappa shape index (κ2) is 6.70. The first-order chi connectivity index (χ1) is 11.7.